The van der Waals surface area contributed by atoms with E-state index in [1.54, 1.807) is 42.5 Å². The topological polar surface area (TPSA) is 55.8 Å². The average Bonchev–Trinajstić information content (AvgIpc) is 3.15. The fourth-order valence-electron chi connectivity index (χ4n) is 3.28. The second-order valence-corrected chi connectivity index (χ2v) is 6.52. The molecule has 0 saturated carbocycles. The van der Waals surface area contributed by atoms with E-state index < -0.39 is 12.1 Å². The van der Waals surface area contributed by atoms with E-state index in [2.05, 4.69) is 0 Å². The van der Waals surface area contributed by atoms with Crippen LogP contribution in [0, 0.1) is 6.58 Å². The number of rotatable bonds is 5. The van der Waals surface area contributed by atoms with Crippen LogP contribution >= 0.6 is 0 Å². The lowest BCUT2D eigenvalue weighted by Gasteiger charge is -2.24. The molecule has 143 valence electrons. The van der Waals surface area contributed by atoms with Crippen molar-refractivity contribution >= 4 is 23.8 Å². The number of carbonyl (C=O) groups is 2. The van der Waals surface area contributed by atoms with E-state index in [4.69, 9.17) is 16.1 Å². The van der Waals surface area contributed by atoms with E-state index in [9.17, 15) is 9.59 Å². The summed E-state index contributed by atoms with van der Waals surface area (Å²) in [5, 5.41) is 0. The third-order valence-electron chi connectivity index (χ3n) is 4.70. The summed E-state index contributed by atoms with van der Waals surface area (Å²) in [5.74, 6) is -0.150. The first kappa shape index (κ1) is 18.5. The zero-order valence-corrected chi connectivity index (χ0v) is 15.5. The zero-order chi connectivity index (χ0) is 20.2. The van der Waals surface area contributed by atoms with Crippen molar-refractivity contribution < 1.29 is 19.1 Å². The van der Waals surface area contributed by atoms with Crippen LogP contribution in [-0.4, -0.2) is 18.7 Å². The standard InChI is InChI=1S/C24H18NO4/c1-2-17-13-14-20(23(26)29-19-11-7-4-8-12-19)21(15-17)25-22(16-28-24(25)27)18-9-5-3-6-10-18/h1-15,22H,16H2/t22-/m0/s1. The number of ether oxygens (including phenoxy) is 2. The molecule has 1 saturated heterocycles. The van der Waals surface area contributed by atoms with Crippen molar-refractivity contribution in [2.24, 2.45) is 0 Å². The molecule has 3 aromatic rings. The largest absolute Gasteiger partial charge is 0.447 e. The number of anilines is 1. The van der Waals surface area contributed by atoms with E-state index in [-0.39, 0.29) is 18.2 Å². The second-order valence-electron chi connectivity index (χ2n) is 6.52. The van der Waals surface area contributed by atoms with E-state index in [1.807, 2.05) is 36.4 Å². The summed E-state index contributed by atoms with van der Waals surface area (Å²) in [5.41, 5.74) is 2.21. The molecule has 29 heavy (non-hydrogen) atoms. The van der Waals surface area contributed by atoms with E-state index in [1.165, 1.54) is 11.0 Å². The summed E-state index contributed by atoms with van der Waals surface area (Å²) in [4.78, 5) is 27.0. The number of hydrogen-bond donors (Lipinski definition) is 0. The Morgan fingerprint density at radius 3 is 2.41 bits per heavy atom. The number of carbonyl (C=O) groups excluding carboxylic acids is 2. The molecule has 0 spiro atoms. The monoisotopic (exact) mass is 384 g/mol. The fourth-order valence-corrected chi connectivity index (χ4v) is 3.28. The molecule has 5 heteroatoms. The predicted molar refractivity (Wildman–Crippen MR) is 110 cm³/mol. The summed E-state index contributed by atoms with van der Waals surface area (Å²) < 4.78 is 10.8. The highest BCUT2D eigenvalue weighted by Gasteiger charge is 2.37. The Hall–Kier alpha value is -3.86. The first-order valence-electron chi connectivity index (χ1n) is 9.14. The van der Waals surface area contributed by atoms with Gasteiger partial charge < -0.3 is 9.47 Å². The average molecular weight is 384 g/mol. The minimum Gasteiger partial charge on any atom is -0.447 e. The molecule has 5 nitrogen and oxygen atoms in total. The van der Waals surface area contributed by atoms with Gasteiger partial charge in [-0.2, -0.15) is 0 Å². The molecule has 0 bridgehead atoms. The third-order valence-corrected chi connectivity index (χ3v) is 4.70. The molecular weight excluding hydrogens is 366 g/mol. The molecular formula is C24H18NO4. The first-order valence-corrected chi connectivity index (χ1v) is 9.14. The van der Waals surface area contributed by atoms with Gasteiger partial charge in [0.15, 0.2) is 0 Å². The van der Waals surface area contributed by atoms with Gasteiger partial charge in [0.1, 0.15) is 12.4 Å². The number of hydrogen-bond acceptors (Lipinski definition) is 4. The zero-order valence-electron chi connectivity index (χ0n) is 15.5. The van der Waals surface area contributed by atoms with Crippen molar-refractivity contribution in [3.63, 3.8) is 0 Å². The molecule has 1 atom stereocenters. The Bertz CT molecular complexity index is 1050. The molecule has 1 fully saturated rings. The van der Waals surface area contributed by atoms with Gasteiger partial charge in [0.2, 0.25) is 0 Å². The van der Waals surface area contributed by atoms with Crippen LogP contribution < -0.4 is 9.64 Å². The molecule has 0 aromatic heterocycles. The van der Waals surface area contributed by atoms with Crippen LogP contribution in [0.3, 0.4) is 0 Å². The van der Waals surface area contributed by atoms with Crippen LogP contribution in [0.4, 0.5) is 10.5 Å². The van der Waals surface area contributed by atoms with Crippen molar-refractivity contribution in [2.75, 3.05) is 11.5 Å². The number of cyclic esters (lactones) is 1. The minimum atomic E-state index is -0.568. The predicted octanol–water partition coefficient (Wildman–Crippen LogP) is 5.05. The van der Waals surface area contributed by atoms with Crippen LogP contribution in [0.5, 0.6) is 5.75 Å². The first-order chi connectivity index (χ1) is 14.2. The van der Waals surface area contributed by atoms with Crippen LogP contribution in [0.2, 0.25) is 0 Å². The number of nitrogens with zero attached hydrogens (tertiary/aromatic N) is 1. The van der Waals surface area contributed by atoms with Crippen LogP contribution in [0.15, 0.2) is 78.9 Å². The van der Waals surface area contributed by atoms with Crippen molar-refractivity contribution in [3.8, 4) is 5.75 Å². The molecule has 4 rings (SSSR count). The van der Waals surface area contributed by atoms with Gasteiger partial charge in [-0.3, -0.25) is 4.90 Å². The molecule has 3 aromatic carbocycles. The molecule has 1 heterocycles. The van der Waals surface area contributed by atoms with Gasteiger partial charge in [0.05, 0.1) is 17.3 Å². The Kier molecular flexibility index (Phi) is 5.12. The third kappa shape index (κ3) is 3.75. The number of amides is 1. The van der Waals surface area contributed by atoms with Gasteiger partial charge in [0.25, 0.3) is 0 Å². The second kappa shape index (κ2) is 8.02. The molecule has 1 amide bonds. The minimum absolute atomic E-state index is 0.187. The molecule has 0 N–H and O–H groups in total. The van der Waals surface area contributed by atoms with Crippen LogP contribution in [-0.2, 0) is 4.74 Å². The van der Waals surface area contributed by atoms with Gasteiger partial charge in [-0.1, -0.05) is 67.3 Å². The molecule has 0 unspecified atom stereocenters. The van der Waals surface area contributed by atoms with E-state index in [0.29, 0.717) is 17.0 Å². The SMILES string of the molecule is [CH]=Cc1ccc(C(=O)Oc2ccccc2)c(N2C(=O)OC[C@H]2c2ccccc2)c1. The maximum Gasteiger partial charge on any atom is 0.415 e. The quantitative estimate of drug-likeness (QED) is 0.456. The van der Waals surface area contributed by atoms with Crippen LogP contribution in [0.1, 0.15) is 27.5 Å². The normalized spacial score (nSPS) is 15.7. The lowest BCUT2D eigenvalue weighted by atomic mass is 10.0. The summed E-state index contributed by atoms with van der Waals surface area (Å²) >= 11 is 0. The smallest absolute Gasteiger partial charge is 0.415 e. The molecule has 0 aliphatic carbocycles. The highest BCUT2D eigenvalue weighted by atomic mass is 16.6. The number of para-hydroxylation sites is 1. The number of benzene rings is 3. The van der Waals surface area contributed by atoms with Gasteiger partial charge in [-0.05, 0) is 35.4 Å². The Balaban J connectivity index is 1.76. The van der Waals surface area contributed by atoms with Gasteiger partial charge in [-0.15, -0.1) is 0 Å². The summed E-state index contributed by atoms with van der Waals surface area (Å²) in [6.07, 6.45) is 0.885. The van der Waals surface area contributed by atoms with Gasteiger partial charge in [-0.25, -0.2) is 9.59 Å². The van der Waals surface area contributed by atoms with Crippen LogP contribution in [0.25, 0.3) is 6.08 Å². The highest BCUT2D eigenvalue weighted by molar-refractivity contribution is 6.03. The van der Waals surface area contributed by atoms with Crippen molar-refractivity contribution in [2.45, 2.75) is 6.04 Å². The van der Waals surface area contributed by atoms with Gasteiger partial charge >= 0.3 is 12.1 Å². The molecule has 1 aliphatic heterocycles. The van der Waals surface area contributed by atoms with E-state index >= 15 is 0 Å². The van der Waals surface area contributed by atoms with Crippen molar-refractivity contribution in [3.05, 3.63) is 102 Å². The maximum atomic E-state index is 12.9. The van der Waals surface area contributed by atoms with Crippen molar-refractivity contribution in [1.82, 2.24) is 0 Å². The lowest BCUT2D eigenvalue weighted by molar-refractivity contribution is 0.0735. The number of esters is 1. The van der Waals surface area contributed by atoms with Crippen molar-refractivity contribution in [1.29, 1.82) is 0 Å². The highest BCUT2D eigenvalue weighted by Crippen LogP contribution is 2.36. The summed E-state index contributed by atoms with van der Waals surface area (Å²) in [6.45, 7) is 5.86. The lowest BCUT2D eigenvalue weighted by Crippen LogP contribution is -2.29. The maximum absolute atomic E-state index is 12.9. The Morgan fingerprint density at radius 2 is 1.72 bits per heavy atom. The Morgan fingerprint density at radius 1 is 1.03 bits per heavy atom. The summed E-state index contributed by atoms with van der Waals surface area (Å²) in [6, 6.07) is 22.9. The molecule has 1 radical (unpaired) electrons. The molecule has 1 aliphatic rings. The summed E-state index contributed by atoms with van der Waals surface area (Å²) in [7, 11) is 0. The van der Waals surface area contributed by atoms with Gasteiger partial charge in [0, 0.05) is 0 Å². The Labute approximate surface area is 168 Å². The van der Waals surface area contributed by atoms with E-state index in [0.717, 1.165) is 5.56 Å². The fraction of sp³-hybridized carbons (Fsp3) is 0.0833.